The van der Waals surface area contributed by atoms with Gasteiger partial charge in [-0.05, 0) is 80.7 Å². The van der Waals surface area contributed by atoms with Gasteiger partial charge in [0.1, 0.15) is 11.6 Å². The number of hydrogen-bond acceptors (Lipinski definition) is 4. The van der Waals surface area contributed by atoms with E-state index in [2.05, 4.69) is 66.5 Å². The van der Waals surface area contributed by atoms with Crippen LogP contribution in [-0.2, 0) is 17.6 Å². The van der Waals surface area contributed by atoms with Gasteiger partial charge in [-0.3, -0.25) is 5.10 Å². The number of rotatable bonds is 11. The van der Waals surface area contributed by atoms with Crippen LogP contribution >= 0.6 is 12.2 Å². The van der Waals surface area contributed by atoms with Crippen LogP contribution < -0.4 is 5.32 Å². The molecule has 6 heteroatoms. The summed E-state index contributed by atoms with van der Waals surface area (Å²) in [6.07, 6.45) is 12.0. The molecular formula is C31H48FN3OS. The fourth-order valence-corrected chi connectivity index (χ4v) is 4.89. The first-order valence-corrected chi connectivity index (χ1v) is 14.6. The van der Waals surface area contributed by atoms with Crippen molar-refractivity contribution in [3.05, 3.63) is 64.5 Å². The molecule has 0 radical (unpaired) electrons. The molecule has 0 amide bonds. The monoisotopic (exact) mass is 529 g/mol. The first-order valence-electron chi connectivity index (χ1n) is 14.0. The molecule has 0 saturated heterocycles. The summed E-state index contributed by atoms with van der Waals surface area (Å²) in [5.74, 6) is 6.31. The molecule has 2 atom stereocenters. The van der Waals surface area contributed by atoms with E-state index in [4.69, 9.17) is 4.74 Å². The van der Waals surface area contributed by atoms with Crippen molar-refractivity contribution in [2.45, 2.75) is 106 Å². The van der Waals surface area contributed by atoms with Crippen molar-refractivity contribution in [3.8, 4) is 0 Å². The highest BCUT2D eigenvalue weighted by Gasteiger charge is 2.31. The third-order valence-corrected chi connectivity index (χ3v) is 6.67. The molecule has 1 aliphatic carbocycles. The molecule has 0 spiro atoms. The van der Waals surface area contributed by atoms with Crippen LogP contribution in [0.3, 0.4) is 0 Å². The summed E-state index contributed by atoms with van der Waals surface area (Å²) in [4.78, 5) is 0. The number of allylic oxidation sites excluding steroid dienone is 4. The highest BCUT2D eigenvalue weighted by molar-refractivity contribution is 7.77. The van der Waals surface area contributed by atoms with Gasteiger partial charge in [0.05, 0.1) is 11.4 Å². The minimum Gasteiger partial charge on any atom is -0.466 e. The Hall–Kier alpha value is -2.47. The van der Waals surface area contributed by atoms with Crippen molar-refractivity contribution in [2.24, 2.45) is 5.92 Å². The van der Waals surface area contributed by atoms with Gasteiger partial charge < -0.3 is 10.1 Å². The highest BCUT2D eigenvalue weighted by Crippen LogP contribution is 2.42. The second kappa shape index (κ2) is 17.9. The van der Waals surface area contributed by atoms with E-state index in [-0.39, 0.29) is 5.82 Å². The summed E-state index contributed by atoms with van der Waals surface area (Å²) in [5.41, 5.74) is 3.51. The van der Waals surface area contributed by atoms with Gasteiger partial charge in [0, 0.05) is 30.0 Å². The number of hydrogen-bond donors (Lipinski definition) is 2. The fraction of sp³-hybridized carbons (Fsp3) is 0.548. The van der Waals surface area contributed by atoms with Gasteiger partial charge in [0.2, 0.25) is 0 Å². The molecule has 1 aromatic heterocycles. The minimum absolute atomic E-state index is 0.156. The van der Waals surface area contributed by atoms with Gasteiger partial charge in [-0.2, -0.15) is 5.10 Å². The van der Waals surface area contributed by atoms with E-state index in [0.29, 0.717) is 29.8 Å². The van der Waals surface area contributed by atoms with Crippen molar-refractivity contribution >= 4 is 29.6 Å². The number of ether oxygens (including phenoxy) is 1. The number of H-pyrrole nitrogens is 1. The second-order valence-corrected chi connectivity index (χ2v) is 8.93. The van der Waals surface area contributed by atoms with Crippen LogP contribution in [0.1, 0.15) is 110 Å². The van der Waals surface area contributed by atoms with Crippen LogP contribution in [0.4, 0.5) is 15.9 Å². The van der Waals surface area contributed by atoms with E-state index in [0.717, 1.165) is 73.3 Å². The first-order chi connectivity index (χ1) is 18.0. The van der Waals surface area contributed by atoms with Gasteiger partial charge in [-0.1, -0.05) is 66.2 Å². The smallest absolute Gasteiger partial charge is 0.152 e. The van der Waals surface area contributed by atoms with Gasteiger partial charge >= 0.3 is 0 Å². The molecule has 206 valence electrons. The number of halogens is 1. The van der Waals surface area contributed by atoms with Crippen LogP contribution in [0.5, 0.6) is 0 Å². The SMILES string of the molecule is C/C=C(/CC)O/C(=C/CC)C1CCC(c2cc(Nc3ccc(CCC)c(CC)c3F)n[nH]2)C1.C=S.CC. The van der Waals surface area contributed by atoms with E-state index in [1.807, 2.05) is 45.9 Å². The Morgan fingerprint density at radius 2 is 1.95 bits per heavy atom. The van der Waals surface area contributed by atoms with Crippen LogP contribution in [0.2, 0.25) is 0 Å². The molecule has 4 nitrogen and oxygen atoms in total. The van der Waals surface area contributed by atoms with E-state index in [1.165, 1.54) is 0 Å². The van der Waals surface area contributed by atoms with Crippen LogP contribution in [0, 0.1) is 11.7 Å². The lowest BCUT2D eigenvalue weighted by Crippen LogP contribution is -2.05. The Morgan fingerprint density at radius 3 is 2.54 bits per heavy atom. The standard InChI is InChI=1S/C28H40FN3O.C2H6.CH2S/c1-6-11-19-15-16-24(28(29)23(19)10-5)30-27-18-25(31-32-27)20-13-14-21(17-20)26(12-7-2)33-22(8-3)9-4;2*1-2/h8,12,15-16,18,20-21H,6-7,9-11,13-14,17H2,1-5H3,(H2,30,31,32);1-2H3;1H2/b22-8-,26-12+;;. The van der Waals surface area contributed by atoms with E-state index >= 15 is 4.39 Å². The van der Waals surface area contributed by atoms with Crippen molar-refractivity contribution in [1.29, 1.82) is 0 Å². The first kappa shape index (κ1) is 32.6. The zero-order valence-corrected chi connectivity index (χ0v) is 24.9. The molecule has 1 aromatic carbocycles. The number of anilines is 2. The Balaban J connectivity index is 0.00000163. The predicted octanol–water partition coefficient (Wildman–Crippen LogP) is 9.96. The van der Waals surface area contributed by atoms with Gasteiger partial charge in [-0.25, -0.2) is 4.39 Å². The Bertz CT molecular complexity index is 998. The largest absolute Gasteiger partial charge is 0.466 e. The Kier molecular flexibility index (Phi) is 15.7. The lowest BCUT2D eigenvalue weighted by Gasteiger charge is -2.18. The number of nitrogens with one attached hydrogen (secondary N) is 2. The van der Waals surface area contributed by atoms with E-state index < -0.39 is 0 Å². The molecule has 0 bridgehead atoms. The zero-order chi connectivity index (χ0) is 27.8. The summed E-state index contributed by atoms with van der Waals surface area (Å²) in [6.45, 7) is 14.4. The quantitative estimate of drug-likeness (QED) is 0.225. The van der Waals surface area contributed by atoms with Crippen molar-refractivity contribution in [3.63, 3.8) is 0 Å². The molecule has 1 heterocycles. The molecule has 2 aromatic rings. The average molecular weight is 530 g/mol. The average Bonchev–Trinajstić information content (AvgIpc) is 3.61. The van der Waals surface area contributed by atoms with Gasteiger partial charge in [-0.15, -0.1) is 0 Å². The molecular weight excluding hydrogens is 481 g/mol. The molecule has 2 unspecified atom stereocenters. The Morgan fingerprint density at radius 1 is 1.22 bits per heavy atom. The van der Waals surface area contributed by atoms with E-state index in [1.54, 1.807) is 0 Å². The van der Waals surface area contributed by atoms with E-state index in [9.17, 15) is 0 Å². The van der Waals surface area contributed by atoms with Gasteiger partial charge in [0.25, 0.3) is 0 Å². The number of benzene rings is 1. The molecule has 37 heavy (non-hydrogen) atoms. The number of aromatic nitrogens is 2. The summed E-state index contributed by atoms with van der Waals surface area (Å²) < 4.78 is 21.3. The summed E-state index contributed by atoms with van der Waals surface area (Å²) in [5, 5.41) is 10.8. The van der Waals surface area contributed by atoms with Crippen LogP contribution in [0.25, 0.3) is 0 Å². The molecule has 1 saturated carbocycles. The maximum atomic E-state index is 15.1. The molecule has 1 fully saturated rings. The normalized spacial score (nSPS) is 17.4. The maximum Gasteiger partial charge on any atom is 0.152 e. The topological polar surface area (TPSA) is 49.9 Å². The molecule has 3 rings (SSSR count). The number of nitrogens with zero attached hydrogens (tertiary/aromatic N) is 1. The number of aromatic amines is 1. The highest BCUT2D eigenvalue weighted by atomic mass is 32.1. The summed E-state index contributed by atoms with van der Waals surface area (Å²) >= 11 is 3.83. The molecule has 1 aliphatic rings. The van der Waals surface area contributed by atoms with Crippen molar-refractivity contribution in [2.75, 3.05) is 5.32 Å². The predicted molar refractivity (Wildman–Crippen MR) is 161 cm³/mol. The van der Waals surface area contributed by atoms with Crippen LogP contribution in [-0.4, -0.2) is 16.1 Å². The van der Waals surface area contributed by atoms with Crippen molar-refractivity contribution < 1.29 is 9.13 Å². The summed E-state index contributed by atoms with van der Waals surface area (Å²) in [6, 6.07) is 5.91. The molecule has 0 aliphatic heterocycles. The third kappa shape index (κ3) is 9.10. The fourth-order valence-electron chi connectivity index (χ4n) is 4.89. The Labute approximate surface area is 230 Å². The summed E-state index contributed by atoms with van der Waals surface area (Å²) in [7, 11) is 0. The van der Waals surface area contributed by atoms with Crippen LogP contribution in [0.15, 0.2) is 41.9 Å². The minimum atomic E-state index is -0.156. The lowest BCUT2D eigenvalue weighted by atomic mass is 9.99. The van der Waals surface area contributed by atoms with Gasteiger partial charge in [0.15, 0.2) is 5.82 Å². The lowest BCUT2D eigenvalue weighted by molar-refractivity contribution is 0.243. The third-order valence-electron chi connectivity index (χ3n) is 6.67. The van der Waals surface area contributed by atoms with Crippen molar-refractivity contribution in [1.82, 2.24) is 10.2 Å². The zero-order valence-electron chi connectivity index (χ0n) is 24.0. The number of aryl methyl sites for hydroxylation is 1. The maximum absolute atomic E-state index is 15.1. The second-order valence-electron chi connectivity index (χ2n) is 8.93. The number of thiocarbonyl (C=S) groups is 1. The molecule has 2 N–H and O–H groups in total.